The predicted molar refractivity (Wildman–Crippen MR) is 92.8 cm³/mol. The van der Waals surface area contributed by atoms with Gasteiger partial charge in [0.15, 0.2) is 0 Å². The summed E-state index contributed by atoms with van der Waals surface area (Å²) in [5.74, 6) is 0.140. The number of nitrogens with zero attached hydrogens (tertiary/aromatic N) is 2. The van der Waals surface area contributed by atoms with Crippen molar-refractivity contribution in [3.8, 4) is 0 Å². The van der Waals surface area contributed by atoms with Gasteiger partial charge in [0.2, 0.25) is 5.91 Å². The number of thioether (sulfide) groups is 1. The maximum atomic E-state index is 12.5. The number of hydrogen-bond acceptors (Lipinski definition) is 5. The van der Waals surface area contributed by atoms with Crippen molar-refractivity contribution in [1.29, 1.82) is 0 Å². The van der Waals surface area contributed by atoms with Gasteiger partial charge < -0.3 is 10.6 Å². The van der Waals surface area contributed by atoms with E-state index in [0.717, 1.165) is 15.7 Å². The minimum Gasteiger partial charge on any atom is -0.323 e. The molecule has 1 aromatic rings. The fraction of sp³-hybridized carbons (Fsp3) is 0.500. The Labute approximate surface area is 145 Å². The van der Waals surface area contributed by atoms with Gasteiger partial charge in [0.05, 0.1) is 16.9 Å². The van der Waals surface area contributed by atoms with Crippen LogP contribution in [0.1, 0.15) is 33.6 Å². The van der Waals surface area contributed by atoms with Crippen LogP contribution in [0, 0.1) is 0 Å². The molecule has 130 valence electrons. The topological polar surface area (TPSA) is 91.4 Å². The van der Waals surface area contributed by atoms with Crippen LogP contribution in [0.15, 0.2) is 23.4 Å². The Morgan fingerprint density at radius 1 is 1.29 bits per heavy atom. The van der Waals surface area contributed by atoms with E-state index in [1.807, 2.05) is 26.8 Å². The first-order chi connectivity index (χ1) is 11.5. The molecule has 7 nitrogen and oxygen atoms in total. The van der Waals surface area contributed by atoms with E-state index in [1.54, 1.807) is 24.0 Å². The van der Waals surface area contributed by atoms with Crippen molar-refractivity contribution < 1.29 is 14.4 Å². The number of nitrogens with one attached hydrogen (secondary N) is 2. The van der Waals surface area contributed by atoms with E-state index in [4.69, 9.17) is 0 Å². The second-order valence-electron chi connectivity index (χ2n) is 5.48. The van der Waals surface area contributed by atoms with E-state index in [0.29, 0.717) is 18.5 Å². The van der Waals surface area contributed by atoms with Gasteiger partial charge in [-0.15, -0.1) is 11.8 Å². The molecule has 0 aromatic carbocycles. The summed E-state index contributed by atoms with van der Waals surface area (Å²) in [6, 6.07) is 3.04. The summed E-state index contributed by atoms with van der Waals surface area (Å²) in [6.45, 7) is 5.41. The summed E-state index contributed by atoms with van der Waals surface area (Å²) in [4.78, 5) is 41.8. The Morgan fingerprint density at radius 2 is 2.00 bits per heavy atom. The highest BCUT2D eigenvalue weighted by molar-refractivity contribution is 7.99. The number of hydrogen-bond donors (Lipinski definition) is 2. The minimum absolute atomic E-state index is 0.308. The maximum Gasteiger partial charge on any atom is 0.325 e. The monoisotopic (exact) mass is 350 g/mol. The third-order valence-electron chi connectivity index (χ3n) is 4.07. The molecule has 1 aliphatic heterocycles. The molecule has 0 atom stereocenters. The molecule has 0 bridgehead atoms. The van der Waals surface area contributed by atoms with E-state index >= 15 is 0 Å². The molecule has 2 N–H and O–H groups in total. The number of carbonyl (C=O) groups excluding carboxylic acids is 3. The van der Waals surface area contributed by atoms with Gasteiger partial charge in [-0.1, -0.05) is 20.8 Å². The first-order valence-electron chi connectivity index (χ1n) is 7.98. The molecular formula is C16H22N4O3S. The molecule has 0 unspecified atom stereocenters. The molecule has 2 heterocycles. The summed E-state index contributed by atoms with van der Waals surface area (Å²) in [5.41, 5.74) is -0.359. The molecule has 1 aliphatic rings. The van der Waals surface area contributed by atoms with Gasteiger partial charge in [-0.2, -0.15) is 0 Å². The van der Waals surface area contributed by atoms with Crippen LogP contribution in [-0.2, 0) is 9.59 Å². The van der Waals surface area contributed by atoms with E-state index in [1.165, 1.54) is 0 Å². The van der Waals surface area contributed by atoms with Crippen molar-refractivity contribution in [3.05, 3.63) is 18.3 Å². The highest BCUT2D eigenvalue weighted by Gasteiger charge is 2.49. The lowest BCUT2D eigenvalue weighted by Gasteiger charge is -2.22. The molecule has 8 heteroatoms. The molecule has 0 aliphatic carbocycles. The minimum atomic E-state index is -0.891. The van der Waals surface area contributed by atoms with E-state index in [-0.39, 0.29) is 12.5 Å². The lowest BCUT2D eigenvalue weighted by atomic mass is 9.93. The Hall–Kier alpha value is -2.09. The van der Waals surface area contributed by atoms with Crippen molar-refractivity contribution >= 4 is 35.3 Å². The maximum absolute atomic E-state index is 12.5. The lowest BCUT2D eigenvalue weighted by Crippen LogP contribution is -2.46. The molecule has 1 fully saturated rings. The van der Waals surface area contributed by atoms with Gasteiger partial charge in [-0.25, -0.2) is 9.78 Å². The molecular weight excluding hydrogens is 328 g/mol. The summed E-state index contributed by atoms with van der Waals surface area (Å²) < 4.78 is 0. The van der Waals surface area contributed by atoms with Gasteiger partial charge in [-0.05, 0) is 30.7 Å². The number of anilines is 1. The molecule has 0 saturated carbocycles. The van der Waals surface area contributed by atoms with Gasteiger partial charge >= 0.3 is 6.03 Å². The number of pyridine rings is 1. The number of amides is 4. The summed E-state index contributed by atoms with van der Waals surface area (Å²) in [7, 11) is 0. The fourth-order valence-corrected chi connectivity index (χ4v) is 3.17. The van der Waals surface area contributed by atoms with E-state index in [2.05, 4.69) is 15.6 Å². The Morgan fingerprint density at radius 3 is 2.50 bits per heavy atom. The molecule has 1 saturated heterocycles. The molecule has 2 rings (SSSR count). The summed E-state index contributed by atoms with van der Waals surface area (Å²) >= 11 is 1.60. The van der Waals surface area contributed by atoms with Crippen molar-refractivity contribution in [2.45, 2.75) is 44.2 Å². The number of urea groups is 1. The standard InChI is InChI=1S/C16H22N4O3S/c1-4-16(5-2)14(22)20(15(23)19-16)10-12(21)18-11-7-8-13(17-9-11)24-6-3/h7-9H,4-6,10H2,1-3H3,(H,18,21)(H,19,23). The van der Waals surface area contributed by atoms with Crippen LogP contribution in [0.25, 0.3) is 0 Å². The van der Waals surface area contributed by atoms with Crippen LogP contribution < -0.4 is 10.6 Å². The Balaban J connectivity index is 1.99. The average Bonchev–Trinajstić information content (AvgIpc) is 2.81. The normalized spacial score (nSPS) is 16.2. The van der Waals surface area contributed by atoms with Crippen LogP contribution in [0.5, 0.6) is 0 Å². The predicted octanol–water partition coefficient (Wildman–Crippen LogP) is 2.24. The molecule has 0 spiro atoms. The van der Waals surface area contributed by atoms with E-state index < -0.39 is 17.5 Å². The van der Waals surface area contributed by atoms with Crippen molar-refractivity contribution in [2.24, 2.45) is 0 Å². The quantitative estimate of drug-likeness (QED) is 0.581. The van der Waals surface area contributed by atoms with Gasteiger partial charge in [-0.3, -0.25) is 14.5 Å². The molecule has 24 heavy (non-hydrogen) atoms. The average molecular weight is 350 g/mol. The highest BCUT2D eigenvalue weighted by atomic mass is 32.2. The summed E-state index contributed by atoms with van der Waals surface area (Å²) in [5, 5.41) is 6.23. The van der Waals surface area contributed by atoms with Crippen molar-refractivity contribution in [3.63, 3.8) is 0 Å². The first-order valence-corrected chi connectivity index (χ1v) is 8.97. The smallest absolute Gasteiger partial charge is 0.323 e. The van der Waals surface area contributed by atoms with E-state index in [9.17, 15) is 14.4 Å². The Bertz CT molecular complexity index is 629. The van der Waals surface area contributed by atoms with Crippen LogP contribution in [0.3, 0.4) is 0 Å². The van der Waals surface area contributed by atoms with Crippen LogP contribution in [0.4, 0.5) is 10.5 Å². The third-order valence-corrected chi connectivity index (χ3v) is 4.89. The number of imide groups is 1. The molecule has 0 radical (unpaired) electrons. The van der Waals surface area contributed by atoms with Gasteiger partial charge in [0, 0.05) is 0 Å². The zero-order chi connectivity index (χ0) is 17.7. The van der Waals surface area contributed by atoms with Crippen LogP contribution in [-0.4, -0.2) is 45.6 Å². The second-order valence-corrected chi connectivity index (χ2v) is 6.76. The molecule has 1 aromatic heterocycles. The van der Waals surface area contributed by atoms with Gasteiger partial charge in [0.25, 0.3) is 5.91 Å². The number of aromatic nitrogens is 1. The fourth-order valence-electron chi connectivity index (χ4n) is 2.58. The second kappa shape index (κ2) is 7.65. The zero-order valence-corrected chi connectivity index (χ0v) is 14.9. The van der Waals surface area contributed by atoms with Crippen LogP contribution >= 0.6 is 11.8 Å². The van der Waals surface area contributed by atoms with Crippen molar-refractivity contribution in [2.75, 3.05) is 17.6 Å². The highest BCUT2D eigenvalue weighted by Crippen LogP contribution is 2.24. The van der Waals surface area contributed by atoms with Crippen molar-refractivity contribution in [1.82, 2.24) is 15.2 Å². The third kappa shape index (κ3) is 3.69. The number of carbonyl (C=O) groups is 3. The largest absolute Gasteiger partial charge is 0.325 e. The van der Waals surface area contributed by atoms with Crippen LogP contribution in [0.2, 0.25) is 0 Å². The SMILES string of the molecule is CCSc1ccc(NC(=O)CN2C(=O)NC(CC)(CC)C2=O)cn1. The van der Waals surface area contributed by atoms with Gasteiger partial charge in [0.1, 0.15) is 12.1 Å². The Kier molecular flexibility index (Phi) is 5.82. The summed E-state index contributed by atoms with van der Waals surface area (Å²) in [6.07, 6.45) is 2.55. The first kappa shape index (κ1) is 18.3. The lowest BCUT2D eigenvalue weighted by molar-refractivity contribution is -0.134. The molecule has 4 amide bonds. The number of rotatable bonds is 7. The zero-order valence-electron chi connectivity index (χ0n) is 14.1.